The van der Waals surface area contributed by atoms with Crippen LogP contribution in [0.3, 0.4) is 0 Å². The van der Waals surface area contributed by atoms with Crippen molar-refractivity contribution in [3.05, 3.63) is 11.6 Å². The van der Waals surface area contributed by atoms with E-state index in [4.69, 9.17) is 9.84 Å². The maximum absolute atomic E-state index is 11.4. The first-order chi connectivity index (χ1) is 9.81. The van der Waals surface area contributed by atoms with Crippen molar-refractivity contribution in [3.63, 3.8) is 0 Å². The van der Waals surface area contributed by atoms with Gasteiger partial charge in [0.05, 0.1) is 18.1 Å². The molecule has 1 aliphatic carbocycles. The molecule has 0 saturated heterocycles. The Hall–Kier alpha value is -1.89. The third-order valence-electron chi connectivity index (χ3n) is 3.73. The standard InChI is InChI=1S/C14H20O7/c1-3-8(4-2)21-10-6-7(12(15)16)5-9(13(17)18)11(10)14(19)20/h6,8-11H,3-5H2,1-2H3,(H,15,16)(H,17,18)(H,19,20)/t9-,10+,11+/m0/s1. The van der Waals surface area contributed by atoms with Gasteiger partial charge in [0.15, 0.2) is 0 Å². The summed E-state index contributed by atoms with van der Waals surface area (Å²) in [5.74, 6) is -6.46. The number of hydrogen-bond donors (Lipinski definition) is 3. The molecule has 0 heterocycles. The Labute approximate surface area is 122 Å². The van der Waals surface area contributed by atoms with Gasteiger partial charge in [0.25, 0.3) is 0 Å². The maximum Gasteiger partial charge on any atom is 0.331 e. The van der Waals surface area contributed by atoms with Crippen LogP contribution in [0.15, 0.2) is 11.6 Å². The van der Waals surface area contributed by atoms with Crippen molar-refractivity contribution < 1.29 is 34.4 Å². The maximum atomic E-state index is 11.4. The van der Waals surface area contributed by atoms with Crippen molar-refractivity contribution in [1.29, 1.82) is 0 Å². The quantitative estimate of drug-likeness (QED) is 0.649. The zero-order valence-corrected chi connectivity index (χ0v) is 12.0. The number of carboxylic acid groups (broad SMARTS) is 3. The third kappa shape index (κ3) is 4.04. The molecular weight excluding hydrogens is 280 g/mol. The van der Waals surface area contributed by atoms with Crippen LogP contribution in [-0.4, -0.2) is 45.4 Å². The summed E-state index contributed by atoms with van der Waals surface area (Å²) in [4.78, 5) is 33.8. The zero-order chi connectivity index (χ0) is 16.2. The average Bonchev–Trinajstić information content (AvgIpc) is 2.43. The fourth-order valence-electron chi connectivity index (χ4n) is 2.50. The lowest BCUT2D eigenvalue weighted by Crippen LogP contribution is -2.44. The van der Waals surface area contributed by atoms with Crippen LogP contribution >= 0.6 is 0 Å². The van der Waals surface area contributed by atoms with Gasteiger partial charge < -0.3 is 20.1 Å². The Kier molecular flexibility index (Phi) is 5.90. The summed E-state index contributed by atoms with van der Waals surface area (Å²) in [5.41, 5.74) is -0.115. The first kappa shape index (κ1) is 17.2. The van der Waals surface area contributed by atoms with Crippen molar-refractivity contribution in [2.75, 3.05) is 0 Å². The van der Waals surface area contributed by atoms with Gasteiger partial charge in [-0.3, -0.25) is 9.59 Å². The Morgan fingerprint density at radius 2 is 1.76 bits per heavy atom. The van der Waals surface area contributed by atoms with E-state index >= 15 is 0 Å². The summed E-state index contributed by atoms with van der Waals surface area (Å²) in [6.45, 7) is 3.73. The molecule has 3 N–H and O–H groups in total. The second-order valence-electron chi connectivity index (χ2n) is 5.05. The summed E-state index contributed by atoms with van der Waals surface area (Å²) < 4.78 is 5.64. The van der Waals surface area contributed by atoms with Crippen molar-refractivity contribution in [1.82, 2.24) is 0 Å². The van der Waals surface area contributed by atoms with Crippen molar-refractivity contribution in [2.45, 2.75) is 45.3 Å². The normalized spacial score (nSPS) is 25.5. The number of rotatable bonds is 7. The predicted molar refractivity (Wildman–Crippen MR) is 71.8 cm³/mol. The van der Waals surface area contributed by atoms with E-state index in [0.717, 1.165) is 0 Å². The number of carboxylic acids is 3. The van der Waals surface area contributed by atoms with Crippen LogP contribution in [0.2, 0.25) is 0 Å². The van der Waals surface area contributed by atoms with Crippen LogP contribution in [0.4, 0.5) is 0 Å². The van der Waals surface area contributed by atoms with Gasteiger partial charge >= 0.3 is 17.9 Å². The molecule has 118 valence electrons. The van der Waals surface area contributed by atoms with Gasteiger partial charge in [-0.25, -0.2) is 4.79 Å². The van der Waals surface area contributed by atoms with Crippen molar-refractivity contribution in [3.8, 4) is 0 Å². The average molecular weight is 300 g/mol. The number of hydrogen-bond acceptors (Lipinski definition) is 4. The second kappa shape index (κ2) is 7.21. The van der Waals surface area contributed by atoms with E-state index in [1.54, 1.807) is 0 Å². The van der Waals surface area contributed by atoms with Crippen molar-refractivity contribution in [2.24, 2.45) is 11.8 Å². The van der Waals surface area contributed by atoms with Gasteiger partial charge in [0.1, 0.15) is 5.92 Å². The van der Waals surface area contributed by atoms with Crippen LogP contribution in [0.5, 0.6) is 0 Å². The highest BCUT2D eigenvalue weighted by atomic mass is 16.5. The highest BCUT2D eigenvalue weighted by molar-refractivity contribution is 5.90. The molecule has 21 heavy (non-hydrogen) atoms. The van der Waals surface area contributed by atoms with E-state index in [9.17, 15) is 24.6 Å². The molecular formula is C14H20O7. The van der Waals surface area contributed by atoms with Crippen LogP contribution in [-0.2, 0) is 19.1 Å². The van der Waals surface area contributed by atoms with Crippen LogP contribution in [0.25, 0.3) is 0 Å². The summed E-state index contributed by atoms with van der Waals surface area (Å²) >= 11 is 0. The lowest BCUT2D eigenvalue weighted by Gasteiger charge is -2.33. The van der Waals surface area contributed by atoms with Gasteiger partial charge in [-0.1, -0.05) is 13.8 Å². The minimum atomic E-state index is -1.33. The highest BCUT2D eigenvalue weighted by Gasteiger charge is 2.44. The first-order valence-electron chi connectivity index (χ1n) is 6.86. The fourth-order valence-corrected chi connectivity index (χ4v) is 2.50. The molecule has 7 heteroatoms. The molecule has 0 saturated carbocycles. The molecule has 0 aliphatic heterocycles. The topological polar surface area (TPSA) is 121 Å². The molecule has 7 nitrogen and oxygen atoms in total. The molecule has 0 aromatic carbocycles. The van der Waals surface area contributed by atoms with Gasteiger partial charge in [0, 0.05) is 5.57 Å². The lowest BCUT2D eigenvalue weighted by atomic mass is 9.77. The molecule has 1 aliphatic rings. The summed E-state index contributed by atoms with van der Waals surface area (Å²) in [7, 11) is 0. The molecule has 0 spiro atoms. The summed E-state index contributed by atoms with van der Waals surface area (Å²) in [5, 5.41) is 27.5. The van der Waals surface area contributed by atoms with Crippen LogP contribution < -0.4 is 0 Å². The Balaban J connectivity index is 3.16. The second-order valence-corrected chi connectivity index (χ2v) is 5.05. The number of carbonyl (C=O) groups is 3. The molecule has 0 aromatic rings. The van der Waals surface area contributed by atoms with Gasteiger partial charge in [-0.15, -0.1) is 0 Å². The Bertz CT molecular complexity index is 450. The monoisotopic (exact) mass is 300 g/mol. The third-order valence-corrected chi connectivity index (χ3v) is 3.73. The smallest absolute Gasteiger partial charge is 0.331 e. The van der Waals surface area contributed by atoms with E-state index in [1.165, 1.54) is 6.08 Å². The molecule has 0 radical (unpaired) electrons. The van der Waals surface area contributed by atoms with E-state index < -0.39 is 35.8 Å². The van der Waals surface area contributed by atoms with E-state index in [-0.39, 0.29) is 18.1 Å². The molecule has 0 bridgehead atoms. The summed E-state index contributed by atoms with van der Waals surface area (Å²) in [6.07, 6.45) is 0.897. The number of aliphatic carboxylic acids is 3. The largest absolute Gasteiger partial charge is 0.481 e. The van der Waals surface area contributed by atoms with E-state index in [1.807, 2.05) is 13.8 Å². The van der Waals surface area contributed by atoms with E-state index in [2.05, 4.69) is 0 Å². The molecule has 3 atom stereocenters. The summed E-state index contributed by atoms with van der Waals surface area (Å²) in [6, 6.07) is 0. The SMILES string of the molecule is CCC(CC)O[C@@H]1C=C(C(=O)O)C[C@H](C(=O)O)[C@H]1C(=O)O. The molecule has 1 rings (SSSR count). The Morgan fingerprint density at radius 3 is 2.14 bits per heavy atom. The van der Waals surface area contributed by atoms with Crippen molar-refractivity contribution >= 4 is 17.9 Å². The molecule has 0 aromatic heterocycles. The van der Waals surface area contributed by atoms with Gasteiger partial charge in [0.2, 0.25) is 0 Å². The minimum Gasteiger partial charge on any atom is -0.481 e. The van der Waals surface area contributed by atoms with Gasteiger partial charge in [-0.05, 0) is 25.3 Å². The fraction of sp³-hybridized carbons (Fsp3) is 0.643. The van der Waals surface area contributed by atoms with Crippen LogP contribution in [0.1, 0.15) is 33.1 Å². The minimum absolute atomic E-state index is 0.115. The van der Waals surface area contributed by atoms with Gasteiger partial charge in [-0.2, -0.15) is 0 Å². The highest BCUT2D eigenvalue weighted by Crippen LogP contribution is 2.33. The lowest BCUT2D eigenvalue weighted by molar-refractivity contribution is -0.162. The first-order valence-corrected chi connectivity index (χ1v) is 6.86. The van der Waals surface area contributed by atoms with Crippen LogP contribution in [0, 0.1) is 11.8 Å². The zero-order valence-electron chi connectivity index (χ0n) is 12.0. The molecule has 0 fully saturated rings. The Morgan fingerprint density at radius 1 is 1.19 bits per heavy atom. The molecule has 0 unspecified atom stereocenters. The number of ether oxygens (including phenoxy) is 1. The predicted octanol–water partition coefficient (Wildman–Crippen LogP) is 1.38. The molecule has 0 amide bonds. The van der Waals surface area contributed by atoms with E-state index in [0.29, 0.717) is 12.8 Å².